The highest BCUT2D eigenvalue weighted by molar-refractivity contribution is 7.13. The molecule has 3 aromatic rings. The summed E-state index contributed by atoms with van der Waals surface area (Å²) < 4.78 is 10.7. The van der Waals surface area contributed by atoms with Crippen molar-refractivity contribution in [3.63, 3.8) is 0 Å². The number of ether oxygens (including phenoxy) is 2. The van der Waals surface area contributed by atoms with Gasteiger partial charge in [-0.25, -0.2) is 4.98 Å². The molecule has 1 atom stereocenters. The average molecular weight is 437 g/mol. The fourth-order valence-corrected chi connectivity index (χ4v) is 4.20. The molecule has 1 amide bonds. The van der Waals surface area contributed by atoms with Crippen molar-refractivity contribution in [3.8, 4) is 22.1 Å². The number of hydrogen-bond donors (Lipinski definition) is 2. The van der Waals surface area contributed by atoms with Crippen LogP contribution in [0.15, 0.2) is 41.8 Å². The zero-order valence-corrected chi connectivity index (χ0v) is 16.6. The second kappa shape index (κ2) is 7.97. The summed E-state index contributed by atoms with van der Waals surface area (Å²) in [6.07, 6.45) is -1.03. The maximum absolute atomic E-state index is 12.4. The molecule has 0 unspecified atom stereocenters. The Labute approximate surface area is 174 Å². The van der Waals surface area contributed by atoms with E-state index in [1.165, 1.54) is 11.3 Å². The second-order valence-corrected chi connectivity index (χ2v) is 7.64. The third-order valence-electron chi connectivity index (χ3n) is 4.15. The molecular formula is C19H14Cl2N2O4S. The van der Waals surface area contributed by atoms with E-state index in [1.54, 1.807) is 23.6 Å². The number of aliphatic hydroxyl groups excluding tert-OH is 1. The summed E-state index contributed by atoms with van der Waals surface area (Å²) in [5, 5.41) is 16.0. The van der Waals surface area contributed by atoms with E-state index < -0.39 is 12.0 Å². The van der Waals surface area contributed by atoms with Crippen LogP contribution in [-0.4, -0.2) is 29.3 Å². The lowest BCUT2D eigenvalue weighted by molar-refractivity contribution is 0.0912. The van der Waals surface area contributed by atoms with Gasteiger partial charge in [-0.1, -0.05) is 29.3 Å². The summed E-state index contributed by atoms with van der Waals surface area (Å²) in [6, 6.07) is 10.4. The molecule has 9 heteroatoms. The lowest BCUT2D eigenvalue weighted by Gasteiger charge is -2.14. The molecule has 4 rings (SSSR count). The van der Waals surface area contributed by atoms with E-state index in [1.807, 2.05) is 18.2 Å². The number of aromatic nitrogens is 1. The minimum Gasteiger partial charge on any atom is -0.454 e. The van der Waals surface area contributed by atoms with Gasteiger partial charge in [-0.15, -0.1) is 11.3 Å². The predicted molar refractivity (Wildman–Crippen MR) is 107 cm³/mol. The van der Waals surface area contributed by atoms with Crippen LogP contribution in [0.5, 0.6) is 11.5 Å². The Balaban J connectivity index is 1.43. The first kappa shape index (κ1) is 19.0. The first-order valence-electron chi connectivity index (χ1n) is 8.28. The van der Waals surface area contributed by atoms with Crippen molar-refractivity contribution < 1.29 is 19.4 Å². The Morgan fingerprint density at radius 2 is 1.96 bits per heavy atom. The molecular weight excluding hydrogens is 423 g/mol. The summed E-state index contributed by atoms with van der Waals surface area (Å²) in [6.45, 7) is 0.154. The molecule has 0 fully saturated rings. The Morgan fingerprint density at radius 1 is 1.21 bits per heavy atom. The highest BCUT2D eigenvalue weighted by Crippen LogP contribution is 2.36. The largest absolute Gasteiger partial charge is 0.454 e. The third-order valence-corrected chi connectivity index (χ3v) is 5.70. The number of aliphatic hydroxyl groups is 1. The third kappa shape index (κ3) is 3.79. The highest BCUT2D eigenvalue weighted by Gasteiger charge is 2.19. The number of hydrogen-bond acceptors (Lipinski definition) is 6. The van der Waals surface area contributed by atoms with E-state index in [4.69, 9.17) is 32.7 Å². The standard InChI is InChI=1S/C19H14Cl2N2O4S/c20-11-2-1-3-12(21)17(11)14(24)7-22-18(25)13-8-28-19(23-13)10-4-5-15-16(6-10)27-9-26-15/h1-6,8,14,24H,7,9H2,(H,22,25)/t14-/m0/s1. The number of nitrogens with one attached hydrogen (secondary N) is 1. The van der Waals surface area contributed by atoms with Gasteiger partial charge in [0.15, 0.2) is 11.5 Å². The Bertz CT molecular complexity index is 1020. The molecule has 6 nitrogen and oxygen atoms in total. The van der Waals surface area contributed by atoms with Crippen molar-refractivity contribution in [2.45, 2.75) is 6.10 Å². The smallest absolute Gasteiger partial charge is 0.270 e. The number of rotatable bonds is 5. The number of carbonyl (C=O) groups is 1. The highest BCUT2D eigenvalue weighted by atomic mass is 35.5. The van der Waals surface area contributed by atoms with Gasteiger partial charge >= 0.3 is 0 Å². The maximum Gasteiger partial charge on any atom is 0.270 e. The molecule has 2 N–H and O–H groups in total. The minimum absolute atomic E-state index is 0.0425. The summed E-state index contributed by atoms with van der Waals surface area (Å²) in [4.78, 5) is 16.8. The number of nitrogens with zero attached hydrogens (tertiary/aromatic N) is 1. The van der Waals surface area contributed by atoms with E-state index in [9.17, 15) is 9.90 Å². The van der Waals surface area contributed by atoms with E-state index >= 15 is 0 Å². The molecule has 0 radical (unpaired) electrons. The number of amides is 1. The molecule has 0 saturated carbocycles. The van der Waals surface area contributed by atoms with Gasteiger partial charge in [-0.3, -0.25) is 4.79 Å². The van der Waals surface area contributed by atoms with Crippen molar-refractivity contribution in [3.05, 3.63) is 63.1 Å². The lowest BCUT2D eigenvalue weighted by atomic mass is 10.1. The fourth-order valence-electron chi connectivity index (χ4n) is 2.75. The Morgan fingerprint density at radius 3 is 2.75 bits per heavy atom. The molecule has 0 bridgehead atoms. The van der Waals surface area contributed by atoms with Crippen LogP contribution in [-0.2, 0) is 0 Å². The normalized spacial score (nSPS) is 13.4. The molecule has 0 aliphatic carbocycles. The van der Waals surface area contributed by atoms with E-state index in [0.717, 1.165) is 5.56 Å². The van der Waals surface area contributed by atoms with Crippen LogP contribution in [0.1, 0.15) is 22.2 Å². The van der Waals surface area contributed by atoms with Crippen LogP contribution >= 0.6 is 34.5 Å². The molecule has 0 spiro atoms. The van der Waals surface area contributed by atoms with Crippen LogP contribution in [0.2, 0.25) is 10.0 Å². The molecule has 1 aromatic heterocycles. The number of thiazole rings is 1. The van der Waals surface area contributed by atoms with Crippen molar-refractivity contribution in [2.24, 2.45) is 0 Å². The summed E-state index contributed by atoms with van der Waals surface area (Å²) in [5.74, 6) is 0.939. The van der Waals surface area contributed by atoms with Gasteiger partial charge in [-0.05, 0) is 30.3 Å². The monoisotopic (exact) mass is 436 g/mol. The van der Waals surface area contributed by atoms with E-state index in [2.05, 4.69) is 10.3 Å². The van der Waals surface area contributed by atoms with Gasteiger partial charge in [0.05, 0.1) is 6.10 Å². The van der Waals surface area contributed by atoms with Crippen LogP contribution in [0.4, 0.5) is 0 Å². The van der Waals surface area contributed by atoms with Crippen LogP contribution < -0.4 is 14.8 Å². The number of benzene rings is 2. The molecule has 144 valence electrons. The van der Waals surface area contributed by atoms with Gasteiger partial charge in [0, 0.05) is 33.1 Å². The zero-order valence-electron chi connectivity index (χ0n) is 14.3. The van der Waals surface area contributed by atoms with Crippen molar-refractivity contribution in [2.75, 3.05) is 13.3 Å². The van der Waals surface area contributed by atoms with Gasteiger partial charge in [0.1, 0.15) is 10.7 Å². The first-order valence-corrected chi connectivity index (χ1v) is 9.92. The zero-order chi connectivity index (χ0) is 19.7. The quantitative estimate of drug-likeness (QED) is 0.622. The molecule has 1 aliphatic heterocycles. The van der Waals surface area contributed by atoms with E-state index in [-0.39, 0.29) is 19.0 Å². The predicted octanol–water partition coefficient (Wildman–Crippen LogP) is 4.31. The van der Waals surface area contributed by atoms with Gasteiger partial charge in [-0.2, -0.15) is 0 Å². The summed E-state index contributed by atoms with van der Waals surface area (Å²) in [7, 11) is 0. The molecule has 2 aromatic carbocycles. The SMILES string of the molecule is O=C(NC[C@H](O)c1c(Cl)cccc1Cl)c1csc(-c2ccc3c(c2)OCO3)n1. The van der Waals surface area contributed by atoms with E-state index in [0.29, 0.717) is 32.1 Å². The topological polar surface area (TPSA) is 80.7 Å². The second-order valence-electron chi connectivity index (χ2n) is 5.97. The fraction of sp³-hybridized carbons (Fsp3) is 0.158. The molecule has 1 aliphatic rings. The average Bonchev–Trinajstić information content (AvgIpc) is 3.34. The van der Waals surface area contributed by atoms with Gasteiger partial charge in [0.2, 0.25) is 6.79 Å². The maximum atomic E-state index is 12.4. The molecule has 0 saturated heterocycles. The van der Waals surface area contributed by atoms with Crippen molar-refractivity contribution in [1.82, 2.24) is 10.3 Å². The number of carbonyl (C=O) groups excluding carboxylic acids is 1. The first-order chi connectivity index (χ1) is 13.5. The van der Waals surface area contributed by atoms with Crippen molar-refractivity contribution in [1.29, 1.82) is 0 Å². The Hall–Kier alpha value is -2.32. The molecule has 2 heterocycles. The van der Waals surface area contributed by atoms with Gasteiger partial charge < -0.3 is 19.9 Å². The van der Waals surface area contributed by atoms with Crippen LogP contribution in [0.3, 0.4) is 0 Å². The molecule has 28 heavy (non-hydrogen) atoms. The van der Waals surface area contributed by atoms with Crippen LogP contribution in [0.25, 0.3) is 10.6 Å². The number of fused-ring (bicyclic) bond motifs is 1. The van der Waals surface area contributed by atoms with Crippen LogP contribution in [0, 0.1) is 0 Å². The lowest BCUT2D eigenvalue weighted by Crippen LogP contribution is -2.28. The summed E-state index contributed by atoms with van der Waals surface area (Å²) >= 11 is 13.5. The minimum atomic E-state index is -1.03. The summed E-state index contributed by atoms with van der Waals surface area (Å²) in [5.41, 5.74) is 1.47. The van der Waals surface area contributed by atoms with Crippen molar-refractivity contribution >= 4 is 40.4 Å². The van der Waals surface area contributed by atoms with Gasteiger partial charge in [0.25, 0.3) is 5.91 Å². The number of halogens is 2. The Kier molecular flexibility index (Phi) is 5.41.